The smallest absolute Gasteiger partial charge is 0.319 e. The Bertz CT molecular complexity index is 566. The van der Waals surface area contributed by atoms with Crippen LogP contribution in [0.1, 0.15) is 32.8 Å². The maximum atomic E-state index is 13.7. The van der Waals surface area contributed by atoms with Gasteiger partial charge in [0.15, 0.2) is 11.6 Å². The molecule has 0 fully saturated rings. The fourth-order valence-electron chi connectivity index (χ4n) is 2.01. The van der Waals surface area contributed by atoms with Gasteiger partial charge in [-0.2, -0.15) is 0 Å². The van der Waals surface area contributed by atoms with Gasteiger partial charge in [0.1, 0.15) is 5.69 Å². The van der Waals surface area contributed by atoms with Crippen LogP contribution in [0, 0.1) is 29.4 Å². The van der Waals surface area contributed by atoms with Gasteiger partial charge in [0, 0.05) is 5.56 Å². The molecule has 0 heterocycles. The molecule has 22 heavy (non-hydrogen) atoms. The van der Waals surface area contributed by atoms with Crippen LogP contribution in [-0.2, 0) is 0 Å². The molecule has 0 spiro atoms. The fourth-order valence-corrected chi connectivity index (χ4v) is 2.01. The predicted octanol–water partition coefficient (Wildman–Crippen LogP) is 2.86. The van der Waals surface area contributed by atoms with E-state index in [4.69, 9.17) is 6.42 Å². The fraction of sp³-hybridized carbons (Fsp3) is 0.438. The molecule has 0 radical (unpaired) electrons. The molecule has 0 aliphatic carbocycles. The first-order chi connectivity index (χ1) is 10.2. The molecule has 1 aromatic rings. The van der Waals surface area contributed by atoms with E-state index < -0.39 is 29.4 Å². The number of rotatable bonds is 4. The molecule has 0 aromatic heterocycles. The van der Waals surface area contributed by atoms with Gasteiger partial charge >= 0.3 is 6.03 Å². The zero-order valence-corrected chi connectivity index (χ0v) is 12.8. The Kier molecular flexibility index (Phi) is 5.89. The Morgan fingerprint density at radius 1 is 1.36 bits per heavy atom. The summed E-state index contributed by atoms with van der Waals surface area (Å²) in [6.07, 6.45) is 5.58. The SMILES string of the molecule is C#Cc1cc(F)c(NC(=O)NC(CO)CC(C)(C)C)c(F)c1. The van der Waals surface area contributed by atoms with E-state index in [1.807, 2.05) is 20.8 Å². The molecule has 6 heteroatoms. The van der Waals surface area contributed by atoms with Crippen LogP contribution in [0.3, 0.4) is 0 Å². The maximum absolute atomic E-state index is 13.7. The number of halogens is 2. The highest BCUT2D eigenvalue weighted by molar-refractivity contribution is 5.89. The highest BCUT2D eigenvalue weighted by atomic mass is 19.1. The Morgan fingerprint density at radius 3 is 2.32 bits per heavy atom. The summed E-state index contributed by atoms with van der Waals surface area (Å²) in [5.41, 5.74) is -0.656. The van der Waals surface area contributed by atoms with E-state index in [0.29, 0.717) is 6.42 Å². The van der Waals surface area contributed by atoms with Crippen LogP contribution in [0.5, 0.6) is 0 Å². The summed E-state index contributed by atoms with van der Waals surface area (Å²) < 4.78 is 27.4. The van der Waals surface area contributed by atoms with Gasteiger partial charge in [0.2, 0.25) is 0 Å². The van der Waals surface area contributed by atoms with Crippen molar-refractivity contribution in [3.8, 4) is 12.3 Å². The van der Waals surface area contributed by atoms with Gasteiger partial charge in [-0.25, -0.2) is 13.6 Å². The molecular formula is C16H20F2N2O2. The molecule has 0 saturated heterocycles. The normalized spacial score (nSPS) is 12.4. The van der Waals surface area contributed by atoms with Crippen molar-refractivity contribution in [1.82, 2.24) is 5.32 Å². The molecule has 1 unspecified atom stereocenters. The van der Waals surface area contributed by atoms with Crippen molar-refractivity contribution in [3.63, 3.8) is 0 Å². The van der Waals surface area contributed by atoms with E-state index in [-0.39, 0.29) is 17.6 Å². The Labute approximate surface area is 128 Å². The molecule has 0 bridgehead atoms. The summed E-state index contributed by atoms with van der Waals surface area (Å²) in [5.74, 6) is 0.197. The van der Waals surface area contributed by atoms with Gasteiger partial charge in [-0.3, -0.25) is 0 Å². The lowest BCUT2D eigenvalue weighted by Gasteiger charge is -2.25. The van der Waals surface area contributed by atoms with Crippen molar-refractivity contribution in [2.45, 2.75) is 33.2 Å². The van der Waals surface area contributed by atoms with Gasteiger partial charge in [0.05, 0.1) is 12.6 Å². The quantitative estimate of drug-likeness (QED) is 0.749. The van der Waals surface area contributed by atoms with E-state index in [1.165, 1.54) is 0 Å². The number of anilines is 1. The average Bonchev–Trinajstić information content (AvgIpc) is 2.40. The van der Waals surface area contributed by atoms with Gasteiger partial charge < -0.3 is 15.7 Å². The van der Waals surface area contributed by atoms with Gasteiger partial charge in [-0.05, 0) is 24.0 Å². The van der Waals surface area contributed by atoms with Crippen LogP contribution in [0.25, 0.3) is 0 Å². The Hall–Kier alpha value is -2.13. The topological polar surface area (TPSA) is 61.4 Å². The molecular weight excluding hydrogens is 290 g/mol. The van der Waals surface area contributed by atoms with Crippen LogP contribution < -0.4 is 10.6 Å². The summed E-state index contributed by atoms with van der Waals surface area (Å²) in [6.45, 7) is 5.58. The van der Waals surface area contributed by atoms with Gasteiger partial charge in [-0.1, -0.05) is 26.7 Å². The number of benzene rings is 1. The second kappa shape index (κ2) is 7.23. The lowest BCUT2D eigenvalue weighted by atomic mass is 9.88. The second-order valence-electron chi connectivity index (χ2n) is 6.20. The summed E-state index contributed by atoms with van der Waals surface area (Å²) in [4.78, 5) is 11.8. The largest absolute Gasteiger partial charge is 0.394 e. The molecule has 2 amide bonds. The minimum Gasteiger partial charge on any atom is -0.394 e. The van der Waals surface area contributed by atoms with E-state index in [9.17, 15) is 18.7 Å². The first-order valence-corrected chi connectivity index (χ1v) is 6.80. The zero-order chi connectivity index (χ0) is 16.9. The number of terminal acetylenes is 1. The first-order valence-electron chi connectivity index (χ1n) is 6.80. The van der Waals surface area contributed by atoms with Crippen molar-refractivity contribution in [2.24, 2.45) is 5.41 Å². The Morgan fingerprint density at radius 2 is 1.91 bits per heavy atom. The summed E-state index contributed by atoms with van der Waals surface area (Å²) >= 11 is 0. The lowest BCUT2D eigenvalue weighted by molar-refractivity contribution is 0.196. The number of carbonyl (C=O) groups is 1. The number of aliphatic hydroxyl groups excluding tert-OH is 1. The summed E-state index contributed by atoms with van der Waals surface area (Å²) in [7, 11) is 0. The minimum atomic E-state index is -0.959. The number of hydrogen-bond acceptors (Lipinski definition) is 2. The van der Waals surface area contributed by atoms with Crippen molar-refractivity contribution in [2.75, 3.05) is 11.9 Å². The molecule has 1 atom stereocenters. The summed E-state index contributed by atoms with van der Waals surface area (Å²) in [6, 6.07) is 0.597. The number of urea groups is 1. The van der Waals surface area contributed by atoms with E-state index in [1.54, 1.807) is 0 Å². The molecule has 4 nitrogen and oxygen atoms in total. The molecule has 0 aliphatic heterocycles. The third-order valence-corrected chi connectivity index (χ3v) is 2.86. The van der Waals surface area contributed by atoms with Gasteiger partial charge in [-0.15, -0.1) is 6.42 Å². The van der Waals surface area contributed by atoms with Gasteiger partial charge in [0.25, 0.3) is 0 Å². The van der Waals surface area contributed by atoms with Crippen LogP contribution >= 0.6 is 0 Å². The second-order valence-corrected chi connectivity index (χ2v) is 6.20. The molecule has 1 rings (SSSR count). The average molecular weight is 310 g/mol. The lowest BCUT2D eigenvalue weighted by Crippen LogP contribution is -2.42. The molecule has 0 saturated carbocycles. The first kappa shape index (κ1) is 17.9. The molecule has 3 N–H and O–H groups in total. The van der Waals surface area contributed by atoms with Crippen LogP contribution in [0.2, 0.25) is 0 Å². The number of amides is 2. The van der Waals surface area contributed by atoms with Crippen molar-refractivity contribution in [3.05, 3.63) is 29.3 Å². The van der Waals surface area contributed by atoms with Crippen molar-refractivity contribution < 1.29 is 18.7 Å². The number of nitrogens with one attached hydrogen (secondary N) is 2. The monoisotopic (exact) mass is 310 g/mol. The minimum absolute atomic E-state index is 0.0434. The third-order valence-electron chi connectivity index (χ3n) is 2.86. The van der Waals surface area contributed by atoms with Crippen molar-refractivity contribution in [1.29, 1.82) is 0 Å². The summed E-state index contributed by atoms with van der Waals surface area (Å²) in [5, 5.41) is 13.9. The number of hydrogen-bond donors (Lipinski definition) is 3. The molecule has 120 valence electrons. The van der Waals surface area contributed by atoms with E-state index in [2.05, 4.69) is 16.6 Å². The zero-order valence-electron chi connectivity index (χ0n) is 12.8. The van der Waals surface area contributed by atoms with E-state index in [0.717, 1.165) is 12.1 Å². The van der Waals surface area contributed by atoms with Crippen LogP contribution in [0.15, 0.2) is 12.1 Å². The van der Waals surface area contributed by atoms with Crippen molar-refractivity contribution >= 4 is 11.7 Å². The standard InChI is InChI=1S/C16H20F2N2O2/c1-5-10-6-12(17)14(13(18)7-10)20-15(22)19-11(9-21)8-16(2,3)4/h1,6-7,11,21H,8-9H2,2-4H3,(H2,19,20,22). The Balaban J connectivity index is 2.79. The number of aliphatic hydroxyl groups is 1. The predicted molar refractivity (Wildman–Crippen MR) is 81.4 cm³/mol. The van der Waals surface area contributed by atoms with Crippen LogP contribution in [-0.4, -0.2) is 23.8 Å². The van der Waals surface area contributed by atoms with Crippen LogP contribution in [0.4, 0.5) is 19.3 Å². The number of carbonyl (C=O) groups excluding carboxylic acids is 1. The maximum Gasteiger partial charge on any atom is 0.319 e. The molecule has 1 aromatic carbocycles. The third kappa shape index (κ3) is 5.34. The highest BCUT2D eigenvalue weighted by Crippen LogP contribution is 2.22. The highest BCUT2D eigenvalue weighted by Gasteiger charge is 2.21. The van der Waals surface area contributed by atoms with E-state index >= 15 is 0 Å². The molecule has 0 aliphatic rings.